The first kappa shape index (κ1) is 30.2. The molecule has 12 heteroatoms. The lowest BCUT2D eigenvalue weighted by Crippen LogP contribution is -2.55. The summed E-state index contributed by atoms with van der Waals surface area (Å²) >= 11 is 7.88. The van der Waals surface area contributed by atoms with E-state index < -0.39 is 11.7 Å². The molecule has 2 aliphatic rings. The maximum atomic E-state index is 12.5. The molecule has 2 aromatic rings. The number of anilines is 3. The molecule has 0 aliphatic carbocycles. The number of carbonyl (C=O) groups excluding carboxylic acids is 2. The fourth-order valence-corrected chi connectivity index (χ4v) is 6.27. The van der Waals surface area contributed by atoms with Gasteiger partial charge in [-0.05, 0) is 59.1 Å². The Labute approximate surface area is 245 Å². The summed E-state index contributed by atoms with van der Waals surface area (Å²) in [5.74, 6) is 0.928. The number of halogens is 1. The quantitative estimate of drug-likeness (QED) is 0.382. The van der Waals surface area contributed by atoms with Crippen molar-refractivity contribution in [2.75, 3.05) is 35.6 Å². The average Bonchev–Trinajstić information content (AvgIpc) is 3.16. The molecule has 2 saturated heterocycles. The van der Waals surface area contributed by atoms with Gasteiger partial charge in [0, 0.05) is 29.8 Å². The van der Waals surface area contributed by atoms with E-state index in [1.54, 1.807) is 12.3 Å². The van der Waals surface area contributed by atoms with E-state index in [1.807, 2.05) is 46.8 Å². The van der Waals surface area contributed by atoms with Crippen molar-refractivity contribution in [3.05, 3.63) is 29.4 Å². The Bertz CT molecular complexity index is 1230. The number of nitrogens with one attached hydrogen (secondary N) is 2. The lowest BCUT2D eigenvalue weighted by Gasteiger charge is -2.43. The molecule has 4 rings (SSSR count). The van der Waals surface area contributed by atoms with Crippen molar-refractivity contribution in [2.45, 2.75) is 88.0 Å². The van der Waals surface area contributed by atoms with Gasteiger partial charge in [-0.2, -0.15) is 0 Å². The van der Waals surface area contributed by atoms with Gasteiger partial charge in [-0.15, -0.1) is 0 Å². The van der Waals surface area contributed by atoms with Crippen molar-refractivity contribution >= 4 is 52.7 Å². The molecule has 2 atom stereocenters. The van der Waals surface area contributed by atoms with Gasteiger partial charge in [-0.25, -0.2) is 14.8 Å². The van der Waals surface area contributed by atoms with Gasteiger partial charge in [0.15, 0.2) is 5.82 Å². The number of ether oxygens (including phenoxy) is 2. The number of hydrogen-bond donors (Lipinski definition) is 3. The highest BCUT2D eigenvalue weighted by Crippen LogP contribution is 2.43. The van der Waals surface area contributed by atoms with Crippen LogP contribution in [-0.2, 0) is 14.3 Å². The SMILES string of the molecule is CCCC(=O)Nc1cccc(Sc2ncc(N3CCC4(CC3)CO[C@H](C)[C@@H]4NC(=O)OC(C)(C)C)nc2N)c1Cl. The Morgan fingerprint density at radius 2 is 2.02 bits per heavy atom. The fraction of sp³-hybridized carbons (Fsp3) is 0.571. The first-order valence-electron chi connectivity index (χ1n) is 13.7. The Hall–Kier alpha value is -2.76. The van der Waals surface area contributed by atoms with Crippen LogP contribution in [0.3, 0.4) is 0 Å². The van der Waals surface area contributed by atoms with Crippen molar-refractivity contribution in [3.63, 3.8) is 0 Å². The van der Waals surface area contributed by atoms with Crippen molar-refractivity contribution in [2.24, 2.45) is 5.41 Å². The van der Waals surface area contributed by atoms with Crippen molar-refractivity contribution in [1.82, 2.24) is 15.3 Å². The van der Waals surface area contributed by atoms with Gasteiger partial charge in [0.2, 0.25) is 5.91 Å². The second kappa shape index (κ2) is 12.4. The van der Waals surface area contributed by atoms with Crippen molar-refractivity contribution < 1.29 is 19.1 Å². The normalized spacial score (nSPS) is 20.4. The number of hydrogen-bond acceptors (Lipinski definition) is 9. The summed E-state index contributed by atoms with van der Waals surface area (Å²) in [6, 6.07) is 5.32. The summed E-state index contributed by atoms with van der Waals surface area (Å²) in [4.78, 5) is 36.7. The number of alkyl carbamates (subject to hydrolysis) is 1. The molecule has 2 fully saturated rings. The Morgan fingerprint density at radius 3 is 2.67 bits per heavy atom. The zero-order valence-corrected chi connectivity index (χ0v) is 25.3. The number of amides is 2. The van der Waals surface area contributed by atoms with E-state index in [0.717, 1.165) is 37.2 Å². The maximum absolute atomic E-state index is 12.5. The van der Waals surface area contributed by atoms with Crippen LogP contribution in [0.25, 0.3) is 0 Å². The average molecular weight is 591 g/mol. The number of piperidine rings is 1. The molecule has 2 aliphatic heterocycles. The molecular formula is C28H39ClN6O4S. The number of nitrogen functional groups attached to an aromatic ring is 1. The molecule has 1 aromatic carbocycles. The highest BCUT2D eigenvalue weighted by molar-refractivity contribution is 7.99. The van der Waals surface area contributed by atoms with E-state index in [-0.39, 0.29) is 23.5 Å². The number of benzene rings is 1. The zero-order chi connectivity index (χ0) is 29.1. The summed E-state index contributed by atoms with van der Waals surface area (Å²) < 4.78 is 11.5. The Kier molecular flexibility index (Phi) is 9.36. The van der Waals surface area contributed by atoms with E-state index in [0.29, 0.717) is 40.4 Å². The zero-order valence-electron chi connectivity index (χ0n) is 23.8. The fourth-order valence-electron chi connectivity index (χ4n) is 5.17. The van der Waals surface area contributed by atoms with Crippen LogP contribution >= 0.6 is 23.4 Å². The van der Waals surface area contributed by atoms with Crippen molar-refractivity contribution in [1.29, 1.82) is 0 Å². The molecule has 0 unspecified atom stereocenters. The Balaban J connectivity index is 1.40. The first-order valence-corrected chi connectivity index (χ1v) is 14.8. The maximum Gasteiger partial charge on any atom is 0.407 e. The standard InChI is InChI=1S/C28H39ClN6O4S/c1-6-8-21(36)32-18-9-7-10-19(22(18)29)40-25-24(30)33-20(15-31-25)35-13-11-28(12-14-35)16-38-17(2)23(28)34-26(37)39-27(3,4)5/h7,9-10,15,17,23H,6,8,11-14,16H2,1-5H3,(H2,30,33)(H,32,36)(H,34,37)/t17-,23+/m1/s1. The van der Waals surface area contributed by atoms with Gasteiger partial charge >= 0.3 is 6.09 Å². The molecule has 0 radical (unpaired) electrons. The third-order valence-electron chi connectivity index (χ3n) is 7.19. The van der Waals surface area contributed by atoms with Gasteiger partial charge in [-0.1, -0.05) is 36.4 Å². The van der Waals surface area contributed by atoms with Crippen LogP contribution in [0.5, 0.6) is 0 Å². The molecule has 1 spiro atoms. The van der Waals surface area contributed by atoms with Gasteiger partial charge in [0.1, 0.15) is 16.4 Å². The third kappa shape index (κ3) is 7.11. The van der Waals surface area contributed by atoms with E-state index >= 15 is 0 Å². The highest BCUT2D eigenvalue weighted by Gasteiger charge is 2.50. The number of rotatable bonds is 7. The lowest BCUT2D eigenvalue weighted by atomic mass is 9.73. The number of aromatic nitrogens is 2. The first-order chi connectivity index (χ1) is 18.9. The third-order valence-corrected chi connectivity index (χ3v) is 8.78. The predicted molar refractivity (Wildman–Crippen MR) is 158 cm³/mol. The second-order valence-corrected chi connectivity index (χ2v) is 12.8. The van der Waals surface area contributed by atoms with Gasteiger partial charge in [0.05, 0.1) is 35.7 Å². The van der Waals surface area contributed by atoms with Crippen LogP contribution < -0.4 is 21.3 Å². The minimum absolute atomic E-state index is 0.0796. The number of carbonyl (C=O) groups is 2. The van der Waals surface area contributed by atoms with Crippen LogP contribution in [0.2, 0.25) is 5.02 Å². The van der Waals surface area contributed by atoms with Crippen LogP contribution in [0.1, 0.15) is 60.3 Å². The molecule has 2 amide bonds. The smallest absolute Gasteiger partial charge is 0.407 e. The summed E-state index contributed by atoms with van der Waals surface area (Å²) in [7, 11) is 0. The van der Waals surface area contributed by atoms with Crippen LogP contribution in [-0.4, -0.2) is 59.4 Å². The molecule has 0 saturated carbocycles. The number of nitrogens with two attached hydrogens (primary N) is 1. The summed E-state index contributed by atoms with van der Waals surface area (Å²) in [6.45, 7) is 11.5. The van der Waals surface area contributed by atoms with Crippen molar-refractivity contribution in [3.8, 4) is 0 Å². The lowest BCUT2D eigenvalue weighted by molar-refractivity contribution is -0.116. The molecule has 40 heavy (non-hydrogen) atoms. The molecule has 0 bridgehead atoms. The van der Waals surface area contributed by atoms with Crippen LogP contribution in [0.4, 0.5) is 22.1 Å². The molecule has 4 N–H and O–H groups in total. The Morgan fingerprint density at radius 1 is 1.30 bits per heavy atom. The van der Waals surface area contributed by atoms with E-state index in [1.165, 1.54) is 11.8 Å². The number of nitrogens with zero attached hydrogens (tertiary/aromatic N) is 3. The van der Waals surface area contributed by atoms with E-state index in [9.17, 15) is 9.59 Å². The topological polar surface area (TPSA) is 132 Å². The highest BCUT2D eigenvalue weighted by atomic mass is 35.5. The van der Waals surface area contributed by atoms with Gasteiger partial charge < -0.3 is 30.7 Å². The van der Waals surface area contributed by atoms with E-state index in [4.69, 9.17) is 26.8 Å². The van der Waals surface area contributed by atoms with Crippen LogP contribution in [0.15, 0.2) is 34.3 Å². The molecule has 218 valence electrons. The molecule has 10 nitrogen and oxygen atoms in total. The van der Waals surface area contributed by atoms with E-state index in [2.05, 4.69) is 25.5 Å². The monoisotopic (exact) mass is 590 g/mol. The minimum atomic E-state index is -0.564. The molecule has 3 heterocycles. The molecule has 1 aromatic heterocycles. The summed E-state index contributed by atoms with van der Waals surface area (Å²) in [5, 5.41) is 6.90. The van der Waals surface area contributed by atoms with Gasteiger partial charge in [0.25, 0.3) is 0 Å². The predicted octanol–water partition coefficient (Wildman–Crippen LogP) is 5.50. The molecular weight excluding hydrogens is 552 g/mol. The summed E-state index contributed by atoms with van der Waals surface area (Å²) in [5.41, 5.74) is 6.15. The van der Waals surface area contributed by atoms with Gasteiger partial charge in [-0.3, -0.25) is 4.79 Å². The summed E-state index contributed by atoms with van der Waals surface area (Å²) in [6.07, 6.45) is 4.03. The second-order valence-electron chi connectivity index (χ2n) is 11.4. The minimum Gasteiger partial charge on any atom is -0.444 e. The largest absolute Gasteiger partial charge is 0.444 e. The van der Waals surface area contributed by atoms with Crippen LogP contribution in [0, 0.1) is 5.41 Å².